The lowest BCUT2D eigenvalue weighted by Gasteiger charge is -2.09. The molecule has 16 heavy (non-hydrogen) atoms. The molecule has 1 aromatic heterocycles. The Kier molecular flexibility index (Phi) is 3.03. The van der Waals surface area contributed by atoms with Gasteiger partial charge >= 0.3 is 0 Å². The summed E-state index contributed by atoms with van der Waals surface area (Å²) in [5.41, 5.74) is 2.30. The molecule has 0 aliphatic carbocycles. The van der Waals surface area contributed by atoms with Crippen molar-refractivity contribution < 1.29 is 0 Å². The average Bonchev–Trinajstić information content (AvgIpc) is 2.20. The highest BCUT2D eigenvalue weighted by molar-refractivity contribution is 6.39. The predicted octanol–water partition coefficient (Wildman–Crippen LogP) is 3.66. The van der Waals surface area contributed by atoms with Gasteiger partial charge in [0.1, 0.15) is 0 Å². The van der Waals surface area contributed by atoms with Gasteiger partial charge in [-0.3, -0.25) is 4.79 Å². The lowest BCUT2D eigenvalue weighted by Crippen LogP contribution is -2.04. The third-order valence-corrected chi connectivity index (χ3v) is 2.99. The number of aryl methyl sites for hydroxylation is 1. The first-order valence-electron chi connectivity index (χ1n) is 4.73. The van der Waals surface area contributed by atoms with E-state index in [-0.39, 0.29) is 5.56 Å². The molecule has 1 N–H and O–H groups in total. The Morgan fingerprint density at radius 1 is 1.19 bits per heavy atom. The molecule has 2 rings (SSSR count). The van der Waals surface area contributed by atoms with Crippen LogP contribution in [0.3, 0.4) is 0 Å². The molecule has 0 amide bonds. The van der Waals surface area contributed by atoms with Gasteiger partial charge in [-0.15, -0.1) is 0 Å². The van der Waals surface area contributed by atoms with E-state index in [9.17, 15) is 4.79 Å². The van der Waals surface area contributed by atoms with E-state index in [4.69, 9.17) is 23.2 Å². The quantitative estimate of drug-likeness (QED) is 0.827. The van der Waals surface area contributed by atoms with Crippen LogP contribution in [0.1, 0.15) is 5.56 Å². The minimum absolute atomic E-state index is 0.135. The smallest absolute Gasteiger partial charge is 0.248 e. The Hall–Kier alpha value is -1.25. The fourth-order valence-electron chi connectivity index (χ4n) is 1.60. The van der Waals surface area contributed by atoms with Crippen LogP contribution in [0.5, 0.6) is 0 Å². The Morgan fingerprint density at radius 3 is 2.38 bits per heavy atom. The van der Waals surface area contributed by atoms with Crippen LogP contribution in [-0.4, -0.2) is 4.98 Å². The molecule has 2 aromatic rings. The van der Waals surface area contributed by atoms with Crippen LogP contribution < -0.4 is 5.56 Å². The molecular formula is C12H9Cl2NO. The van der Waals surface area contributed by atoms with Crippen LogP contribution >= 0.6 is 23.2 Å². The zero-order chi connectivity index (χ0) is 11.7. The number of halogens is 2. The van der Waals surface area contributed by atoms with Gasteiger partial charge < -0.3 is 4.98 Å². The second-order valence-corrected chi connectivity index (χ2v) is 4.31. The maximum Gasteiger partial charge on any atom is 0.248 e. The zero-order valence-electron chi connectivity index (χ0n) is 8.55. The van der Waals surface area contributed by atoms with Gasteiger partial charge in [0.05, 0.1) is 0 Å². The Bertz CT molecular complexity index is 570. The monoisotopic (exact) mass is 253 g/mol. The predicted molar refractivity (Wildman–Crippen MR) is 67.3 cm³/mol. The van der Waals surface area contributed by atoms with E-state index in [1.807, 2.05) is 6.92 Å². The van der Waals surface area contributed by atoms with Gasteiger partial charge in [-0.2, -0.15) is 0 Å². The molecule has 0 unspecified atom stereocenters. The third kappa shape index (κ3) is 1.99. The SMILES string of the molecule is Cc1cc(=O)[nH]cc1-c1c(Cl)cccc1Cl. The number of rotatable bonds is 1. The van der Waals surface area contributed by atoms with E-state index in [0.29, 0.717) is 10.0 Å². The van der Waals surface area contributed by atoms with E-state index < -0.39 is 0 Å². The number of aromatic nitrogens is 1. The van der Waals surface area contributed by atoms with Crippen LogP contribution in [0.15, 0.2) is 35.3 Å². The van der Waals surface area contributed by atoms with Gasteiger partial charge in [0.2, 0.25) is 5.56 Å². The maximum atomic E-state index is 11.1. The van der Waals surface area contributed by atoms with E-state index in [0.717, 1.165) is 16.7 Å². The van der Waals surface area contributed by atoms with Crippen molar-refractivity contribution in [3.05, 3.63) is 56.4 Å². The normalized spacial score (nSPS) is 10.4. The van der Waals surface area contributed by atoms with Crippen LogP contribution in [0.4, 0.5) is 0 Å². The summed E-state index contributed by atoms with van der Waals surface area (Å²) in [5, 5.41) is 1.14. The summed E-state index contributed by atoms with van der Waals surface area (Å²) in [6.45, 7) is 1.85. The highest BCUT2D eigenvalue weighted by Gasteiger charge is 2.10. The average molecular weight is 254 g/mol. The van der Waals surface area contributed by atoms with Gasteiger partial charge in [0.15, 0.2) is 0 Å². The third-order valence-electron chi connectivity index (χ3n) is 2.36. The molecule has 1 aromatic carbocycles. The highest BCUT2D eigenvalue weighted by atomic mass is 35.5. The van der Waals surface area contributed by atoms with Crippen LogP contribution in [0, 0.1) is 6.92 Å². The van der Waals surface area contributed by atoms with E-state index in [1.54, 1.807) is 24.4 Å². The lowest BCUT2D eigenvalue weighted by atomic mass is 10.0. The summed E-state index contributed by atoms with van der Waals surface area (Å²) in [6, 6.07) is 6.85. The molecule has 0 spiro atoms. The van der Waals surface area contributed by atoms with Crippen LogP contribution in [-0.2, 0) is 0 Å². The fourth-order valence-corrected chi connectivity index (χ4v) is 2.20. The molecule has 82 valence electrons. The number of H-pyrrole nitrogens is 1. The topological polar surface area (TPSA) is 32.9 Å². The molecule has 0 fully saturated rings. The molecule has 2 nitrogen and oxygen atoms in total. The zero-order valence-corrected chi connectivity index (χ0v) is 10.1. The summed E-state index contributed by atoms with van der Waals surface area (Å²) >= 11 is 12.2. The molecule has 0 radical (unpaired) electrons. The number of hydrogen-bond acceptors (Lipinski definition) is 1. The van der Waals surface area contributed by atoms with Crippen molar-refractivity contribution in [2.24, 2.45) is 0 Å². The first kappa shape index (κ1) is 11.2. The van der Waals surface area contributed by atoms with Crippen molar-refractivity contribution in [2.75, 3.05) is 0 Å². The van der Waals surface area contributed by atoms with E-state index >= 15 is 0 Å². The van der Waals surface area contributed by atoms with Crippen molar-refractivity contribution in [3.63, 3.8) is 0 Å². The van der Waals surface area contributed by atoms with Gasteiger partial charge in [-0.25, -0.2) is 0 Å². The number of nitrogens with one attached hydrogen (secondary N) is 1. The van der Waals surface area contributed by atoms with Gasteiger partial charge in [-0.1, -0.05) is 29.3 Å². The highest BCUT2D eigenvalue weighted by Crippen LogP contribution is 2.35. The van der Waals surface area contributed by atoms with Gasteiger partial charge in [0.25, 0.3) is 0 Å². The van der Waals surface area contributed by atoms with Crippen LogP contribution in [0.25, 0.3) is 11.1 Å². The molecule has 0 saturated heterocycles. The summed E-state index contributed by atoms with van der Waals surface area (Å²) < 4.78 is 0. The first-order valence-corrected chi connectivity index (χ1v) is 5.49. The Morgan fingerprint density at radius 2 is 1.81 bits per heavy atom. The minimum atomic E-state index is -0.135. The van der Waals surface area contributed by atoms with Gasteiger partial charge in [-0.05, 0) is 24.6 Å². The minimum Gasteiger partial charge on any atom is -0.328 e. The van der Waals surface area contributed by atoms with Crippen molar-refractivity contribution >= 4 is 23.2 Å². The second kappa shape index (κ2) is 4.32. The number of aromatic amines is 1. The summed E-state index contributed by atoms with van der Waals surface area (Å²) in [6.07, 6.45) is 1.63. The summed E-state index contributed by atoms with van der Waals surface area (Å²) in [7, 11) is 0. The molecule has 0 aliphatic rings. The van der Waals surface area contributed by atoms with Crippen molar-refractivity contribution in [1.29, 1.82) is 0 Å². The van der Waals surface area contributed by atoms with Gasteiger partial charge in [0, 0.05) is 33.4 Å². The lowest BCUT2D eigenvalue weighted by molar-refractivity contribution is 1.21. The summed E-state index contributed by atoms with van der Waals surface area (Å²) in [5.74, 6) is 0. The molecular weight excluding hydrogens is 245 g/mol. The van der Waals surface area contributed by atoms with E-state index in [1.165, 1.54) is 6.07 Å². The molecule has 0 saturated carbocycles. The van der Waals surface area contributed by atoms with Crippen molar-refractivity contribution in [3.8, 4) is 11.1 Å². The molecule has 0 atom stereocenters. The standard InChI is InChI=1S/C12H9Cl2NO/c1-7-5-11(16)15-6-8(7)12-9(13)3-2-4-10(12)14/h2-6H,1H3,(H,15,16). The van der Waals surface area contributed by atoms with Crippen molar-refractivity contribution in [2.45, 2.75) is 6.92 Å². The largest absolute Gasteiger partial charge is 0.328 e. The number of hydrogen-bond donors (Lipinski definition) is 1. The second-order valence-electron chi connectivity index (χ2n) is 3.49. The van der Waals surface area contributed by atoms with Crippen molar-refractivity contribution in [1.82, 2.24) is 4.98 Å². The first-order chi connectivity index (χ1) is 7.59. The van der Waals surface area contributed by atoms with E-state index in [2.05, 4.69) is 4.98 Å². The van der Waals surface area contributed by atoms with Crippen LogP contribution in [0.2, 0.25) is 10.0 Å². The fraction of sp³-hybridized carbons (Fsp3) is 0.0833. The Balaban J connectivity index is 2.72. The maximum absolute atomic E-state index is 11.1. The number of pyridine rings is 1. The Labute approximate surface area is 103 Å². The number of benzene rings is 1. The molecule has 0 bridgehead atoms. The summed E-state index contributed by atoms with van der Waals surface area (Å²) in [4.78, 5) is 13.7. The molecule has 4 heteroatoms. The molecule has 0 aliphatic heterocycles. The molecule has 1 heterocycles.